The summed E-state index contributed by atoms with van der Waals surface area (Å²) in [5.74, 6) is 6.01. The van der Waals surface area contributed by atoms with Crippen molar-refractivity contribution in [3.63, 3.8) is 0 Å². The Bertz CT molecular complexity index is 467. The monoisotopic (exact) mass is 275 g/mol. The van der Waals surface area contributed by atoms with Crippen molar-refractivity contribution in [3.8, 4) is 11.8 Å². The van der Waals surface area contributed by atoms with E-state index in [0.717, 1.165) is 24.0 Å². The first-order valence-corrected chi connectivity index (χ1v) is 7.28. The molecule has 1 atom stereocenters. The summed E-state index contributed by atoms with van der Waals surface area (Å²) in [5, 5.41) is 20.2. The average molecular weight is 275 g/mol. The first-order chi connectivity index (χ1) is 9.54. The van der Waals surface area contributed by atoms with Crippen molar-refractivity contribution in [2.75, 3.05) is 6.54 Å². The molecule has 4 N–H and O–H groups in total. The third-order valence-corrected chi connectivity index (χ3v) is 3.26. The van der Waals surface area contributed by atoms with Gasteiger partial charge in [0.2, 0.25) is 0 Å². The summed E-state index contributed by atoms with van der Waals surface area (Å²) in [6, 6.07) is 7.37. The second-order valence-electron chi connectivity index (χ2n) is 5.16. The fourth-order valence-electron chi connectivity index (χ4n) is 2.23. The molecule has 1 aromatic carbocycles. The average Bonchev–Trinajstić information content (AvgIpc) is 2.45. The van der Waals surface area contributed by atoms with Crippen molar-refractivity contribution in [1.82, 2.24) is 0 Å². The fraction of sp³-hybridized carbons (Fsp3) is 0.529. The van der Waals surface area contributed by atoms with Gasteiger partial charge in [0.25, 0.3) is 0 Å². The Balaban J connectivity index is 2.94. The van der Waals surface area contributed by atoms with Crippen LogP contribution in [0.3, 0.4) is 0 Å². The number of aliphatic hydroxyl groups is 2. The summed E-state index contributed by atoms with van der Waals surface area (Å²) in [7, 11) is 0. The zero-order valence-electron chi connectivity index (χ0n) is 12.4. The molecule has 0 aliphatic heterocycles. The molecule has 0 bridgehead atoms. The number of benzene rings is 1. The third-order valence-electron chi connectivity index (χ3n) is 3.26. The minimum Gasteiger partial charge on any atom is -0.387 e. The molecule has 0 saturated carbocycles. The van der Waals surface area contributed by atoms with Crippen molar-refractivity contribution in [2.45, 2.75) is 51.2 Å². The molecule has 1 rings (SSSR count). The van der Waals surface area contributed by atoms with Gasteiger partial charge in [-0.3, -0.25) is 0 Å². The summed E-state index contributed by atoms with van der Waals surface area (Å²) in [5.41, 5.74) is 6.09. The molecule has 3 nitrogen and oxygen atoms in total. The molecule has 0 aliphatic rings. The molecule has 1 unspecified atom stereocenters. The van der Waals surface area contributed by atoms with Gasteiger partial charge in [-0.15, -0.1) is 0 Å². The Morgan fingerprint density at radius 3 is 2.45 bits per heavy atom. The summed E-state index contributed by atoms with van der Waals surface area (Å²) >= 11 is 0. The SMILES string of the molecule is CCCC(O)(C#Cc1cccc(C(O)CN)c1)CCC. The standard InChI is InChI=1S/C17H25NO2/c1-3-9-17(20,10-4-2)11-8-14-6-5-7-15(12-14)16(19)13-18/h5-7,12,16,19-20H,3-4,9-10,13,18H2,1-2H3. The number of hydrogen-bond donors (Lipinski definition) is 3. The zero-order chi connectivity index (χ0) is 15.0. The Morgan fingerprint density at radius 2 is 1.90 bits per heavy atom. The Labute approximate surface area is 121 Å². The minimum absolute atomic E-state index is 0.187. The van der Waals surface area contributed by atoms with E-state index in [1.807, 2.05) is 38.1 Å². The summed E-state index contributed by atoms with van der Waals surface area (Å²) < 4.78 is 0. The van der Waals surface area contributed by atoms with E-state index in [2.05, 4.69) is 11.8 Å². The molecule has 0 saturated heterocycles. The maximum atomic E-state index is 10.5. The van der Waals surface area contributed by atoms with Gasteiger partial charge in [-0.1, -0.05) is 50.7 Å². The second-order valence-corrected chi connectivity index (χ2v) is 5.16. The van der Waals surface area contributed by atoms with Crippen LogP contribution in [-0.4, -0.2) is 22.4 Å². The highest BCUT2D eigenvalue weighted by molar-refractivity contribution is 5.39. The smallest absolute Gasteiger partial charge is 0.125 e. The van der Waals surface area contributed by atoms with Crippen LogP contribution >= 0.6 is 0 Å². The highest BCUT2D eigenvalue weighted by Gasteiger charge is 2.21. The molecule has 0 aliphatic carbocycles. The Hall–Kier alpha value is -1.34. The molecule has 1 aromatic rings. The maximum absolute atomic E-state index is 10.5. The normalized spacial score (nSPS) is 12.7. The van der Waals surface area contributed by atoms with E-state index in [-0.39, 0.29) is 6.54 Å². The molecular formula is C17H25NO2. The maximum Gasteiger partial charge on any atom is 0.125 e. The molecule has 0 heterocycles. The molecule has 0 amide bonds. The van der Waals surface area contributed by atoms with Crippen molar-refractivity contribution in [1.29, 1.82) is 0 Å². The molecule has 0 fully saturated rings. The third kappa shape index (κ3) is 4.97. The van der Waals surface area contributed by atoms with Crippen LogP contribution in [-0.2, 0) is 0 Å². The highest BCUT2D eigenvalue weighted by atomic mass is 16.3. The Morgan fingerprint density at radius 1 is 1.25 bits per heavy atom. The van der Waals surface area contributed by atoms with Crippen molar-refractivity contribution >= 4 is 0 Å². The zero-order valence-corrected chi connectivity index (χ0v) is 12.4. The van der Waals surface area contributed by atoms with Crippen LogP contribution in [0.2, 0.25) is 0 Å². The minimum atomic E-state index is -0.911. The highest BCUT2D eigenvalue weighted by Crippen LogP contribution is 2.19. The molecule has 0 spiro atoms. The van der Waals surface area contributed by atoms with Gasteiger partial charge in [-0.25, -0.2) is 0 Å². The van der Waals surface area contributed by atoms with E-state index in [1.165, 1.54) is 0 Å². The van der Waals surface area contributed by atoms with E-state index in [0.29, 0.717) is 12.8 Å². The predicted molar refractivity (Wildman–Crippen MR) is 82.1 cm³/mol. The van der Waals surface area contributed by atoms with Crippen LogP contribution in [0.15, 0.2) is 24.3 Å². The van der Waals surface area contributed by atoms with Crippen LogP contribution in [0.1, 0.15) is 56.8 Å². The van der Waals surface area contributed by atoms with E-state index in [1.54, 1.807) is 0 Å². The van der Waals surface area contributed by atoms with Gasteiger partial charge in [0.1, 0.15) is 5.60 Å². The van der Waals surface area contributed by atoms with Crippen LogP contribution in [0, 0.1) is 11.8 Å². The predicted octanol–water partition coefficient (Wildman–Crippen LogP) is 2.36. The number of aliphatic hydroxyl groups excluding tert-OH is 1. The summed E-state index contributed by atoms with van der Waals surface area (Å²) in [6.45, 7) is 4.27. The quantitative estimate of drug-likeness (QED) is 0.698. The first kappa shape index (κ1) is 16.7. The van der Waals surface area contributed by atoms with Crippen molar-refractivity contribution < 1.29 is 10.2 Å². The molecule has 0 radical (unpaired) electrons. The van der Waals surface area contributed by atoms with Crippen LogP contribution < -0.4 is 5.73 Å². The van der Waals surface area contributed by atoms with Gasteiger partial charge in [0.05, 0.1) is 6.10 Å². The molecule has 20 heavy (non-hydrogen) atoms. The van der Waals surface area contributed by atoms with Gasteiger partial charge in [-0.05, 0) is 30.5 Å². The summed E-state index contributed by atoms with van der Waals surface area (Å²) in [4.78, 5) is 0. The number of hydrogen-bond acceptors (Lipinski definition) is 3. The van der Waals surface area contributed by atoms with E-state index >= 15 is 0 Å². The van der Waals surface area contributed by atoms with Crippen LogP contribution in [0.5, 0.6) is 0 Å². The summed E-state index contributed by atoms with van der Waals surface area (Å²) in [6.07, 6.45) is 2.49. The van der Waals surface area contributed by atoms with Gasteiger partial charge in [0.15, 0.2) is 0 Å². The van der Waals surface area contributed by atoms with E-state index in [4.69, 9.17) is 5.73 Å². The van der Waals surface area contributed by atoms with Gasteiger partial charge >= 0.3 is 0 Å². The van der Waals surface area contributed by atoms with Crippen LogP contribution in [0.25, 0.3) is 0 Å². The molecule has 0 aromatic heterocycles. The molecular weight excluding hydrogens is 250 g/mol. The molecule has 3 heteroatoms. The van der Waals surface area contributed by atoms with Crippen molar-refractivity contribution in [3.05, 3.63) is 35.4 Å². The second kappa shape index (κ2) is 8.06. The topological polar surface area (TPSA) is 66.5 Å². The Kier molecular flexibility index (Phi) is 6.74. The molecule has 110 valence electrons. The first-order valence-electron chi connectivity index (χ1n) is 7.28. The lowest BCUT2D eigenvalue weighted by Gasteiger charge is -2.20. The number of rotatable bonds is 6. The lowest BCUT2D eigenvalue weighted by Crippen LogP contribution is -2.25. The van der Waals surface area contributed by atoms with Crippen molar-refractivity contribution in [2.24, 2.45) is 5.73 Å². The van der Waals surface area contributed by atoms with Gasteiger partial charge in [0, 0.05) is 12.1 Å². The number of nitrogens with two attached hydrogens (primary N) is 1. The lowest BCUT2D eigenvalue weighted by molar-refractivity contribution is 0.0807. The van der Waals surface area contributed by atoms with Gasteiger partial charge in [-0.2, -0.15) is 0 Å². The largest absolute Gasteiger partial charge is 0.387 e. The van der Waals surface area contributed by atoms with Gasteiger partial charge < -0.3 is 15.9 Å². The fourth-order valence-corrected chi connectivity index (χ4v) is 2.23. The van der Waals surface area contributed by atoms with Crippen LogP contribution in [0.4, 0.5) is 0 Å². The van der Waals surface area contributed by atoms with E-state index in [9.17, 15) is 10.2 Å². The van der Waals surface area contributed by atoms with E-state index < -0.39 is 11.7 Å². The lowest BCUT2D eigenvalue weighted by atomic mass is 9.93.